The van der Waals surface area contributed by atoms with Crippen LogP contribution in [0.5, 0.6) is 5.75 Å². The van der Waals surface area contributed by atoms with Gasteiger partial charge in [-0.1, -0.05) is 63.2 Å². The fourth-order valence-corrected chi connectivity index (χ4v) is 2.80. The summed E-state index contributed by atoms with van der Waals surface area (Å²) in [5.74, 6) is 2.20. The SMILES string of the molecule is CC(C)(C)C(CS)COc1ccc(-c2ccccc2)cc1. The predicted molar refractivity (Wildman–Crippen MR) is 94.2 cm³/mol. The highest BCUT2D eigenvalue weighted by Crippen LogP contribution is 2.28. The molecule has 1 unspecified atom stereocenters. The highest BCUT2D eigenvalue weighted by Gasteiger charge is 2.23. The van der Waals surface area contributed by atoms with Crippen molar-refractivity contribution in [3.63, 3.8) is 0 Å². The zero-order chi connectivity index (χ0) is 15.3. The summed E-state index contributed by atoms with van der Waals surface area (Å²) in [4.78, 5) is 0. The number of ether oxygens (including phenoxy) is 1. The van der Waals surface area contributed by atoms with Crippen molar-refractivity contribution in [1.82, 2.24) is 0 Å². The van der Waals surface area contributed by atoms with Crippen molar-refractivity contribution in [2.24, 2.45) is 11.3 Å². The van der Waals surface area contributed by atoms with Crippen molar-refractivity contribution in [2.45, 2.75) is 20.8 Å². The summed E-state index contributed by atoms with van der Waals surface area (Å²) < 4.78 is 5.93. The summed E-state index contributed by atoms with van der Waals surface area (Å²) in [6.07, 6.45) is 0. The Labute approximate surface area is 133 Å². The van der Waals surface area contributed by atoms with Gasteiger partial charge in [0.15, 0.2) is 0 Å². The third-order valence-electron chi connectivity index (χ3n) is 3.86. The molecule has 2 aromatic carbocycles. The minimum absolute atomic E-state index is 0.214. The van der Waals surface area contributed by atoms with Crippen molar-refractivity contribution in [1.29, 1.82) is 0 Å². The molecular formula is C19H24OS. The van der Waals surface area contributed by atoms with E-state index in [2.05, 4.69) is 69.8 Å². The minimum Gasteiger partial charge on any atom is -0.493 e. The average molecular weight is 300 g/mol. The molecule has 21 heavy (non-hydrogen) atoms. The van der Waals surface area contributed by atoms with Gasteiger partial charge >= 0.3 is 0 Å². The van der Waals surface area contributed by atoms with Gasteiger partial charge in [-0.25, -0.2) is 0 Å². The molecule has 0 spiro atoms. The number of thiol groups is 1. The zero-order valence-corrected chi connectivity index (χ0v) is 13.9. The van der Waals surface area contributed by atoms with Crippen LogP contribution in [0.1, 0.15) is 20.8 Å². The summed E-state index contributed by atoms with van der Waals surface area (Å²) in [7, 11) is 0. The Morgan fingerprint density at radius 3 is 2.00 bits per heavy atom. The summed E-state index contributed by atoms with van der Waals surface area (Å²) in [5, 5.41) is 0. The standard InChI is InChI=1S/C19H24OS/c1-19(2,3)17(14-21)13-20-18-11-9-16(10-12-18)15-7-5-4-6-8-15/h4-12,17,21H,13-14H2,1-3H3. The van der Waals surface area contributed by atoms with Crippen molar-refractivity contribution < 1.29 is 4.74 Å². The summed E-state index contributed by atoms with van der Waals surface area (Å²) in [6, 6.07) is 18.7. The van der Waals surface area contributed by atoms with Crippen molar-refractivity contribution >= 4 is 12.6 Å². The summed E-state index contributed by atoms with van der Waals surface area (Å²) in [5.41, 5.74) is 2.66. The van der Waals surface area contributed by atoms with E-state index >= 15 is 0 Å². The van der Waals surface area contributed by atoms with Gasteiger partial charge in [0, 0.05) is 5.92 Å². The third kappa shape index (κ3) is 4.53. The van der Waals surface area contributed by atoms with Gasteiger partial charge in [-0.05, 0) is 34.4 Å². The molecule has 0 heterocycles. The molecule has 0 N–H and O–H groups in total. The van der Waals surface area contributed by atoms with Crippen LogP contribution < -0.4 is 4.74 Å². The van der Waals surface area contributed by atoms with Crippen LogP contribution in [0.2, 0.25) is 0 Å². The lowest BCUT2D eigenvalue weighted by Crippen LogP contribution is -2.28. The molecular weight excluding hydrogens is 276 g/mol. The van der Waals surface area contributed by atoms with Crippen molar-refractivity contribution in [2.75, 3.05) is 12.4 Å². The lowest BCUT2D eigenvalue weighted by Gasteiger charge is -2.29. The normalized spacial score (nSPS) is 13.0. The Hall–Kier alpha value is -1.41. The highest BCUT2D eigenvalue weighted by atomic mass is 32.1. The van der Waals surface area contributed by atoms with Gasteiger partial charge in [-0.15, -0.1) is 0 Å². The lowest BCUT2D eigenvalue weighted by molar-refractivity contribution is 0.165. The maximum Gasteiger partial charge on any atom is 0.119 e. The third-order valence-corrected chi connectivity index (χ3v) is 4.30. The van der Waals surface area contributed by atoms with Crippen LogP contribution in [0.15, 0.2) is 54.6 Å². The molecule has 1 atom stereocenters. The monoisotopic (exact) mass is 300 g/mol. The number of benzene rings is 2. The van der Waals surface area contributed by atoms with Gasteiger partial charge in [0.05, 0.1) is 6.61 Å². The van der Waals surface area contributed by atoms with E-state index in [1.807, 2.05) is 18.2 Å². The number of hydrogen-bond donors (Lipinski definition) is 1. The Bertz CT molecular complexity index is 540. The second-order valence-corrected chi connectivity index (χ2v) is 6.81. The van der Waals surface area contributed by atoms with Gasteiger partial charge in [0.2, 0.25) is 0 Å². The molecule has 2 aromatic rings. The minimum atomic E-state index is 0.214. The van der Waals surface area contributed by atoms with E-state index in [4.69, 9.17) is 4.74 Å². The largest absolute Gasteiger partial charge is 0.493 e. The Balaban J connectivity index is 2.00. The van der Waals surface area contributed by atoms with E-state index < -0.39 is 0 Å². The van der Waals surface area contributed by atoms with E-state index in [0.717, 1.165) is 11.5 Å². The first kappa shape index (κ1) is 16.0. The van der Waals surface area contributed by atoms with E-state index in [1.165, 1.54) is 11.1 Å². The van der Waals surface area contributed by atoms with E-state index in [0.29, 0.717) is 12.5 Å². The molecule has 0 aliphatic carbocycles. The quantitative estimate of drug-likeness (QED) is 0.735. The molecule has 0 saturated heterocycles. The second-order valence-electron chi connectivity index (χ2n) is 6.45. The maximum absolute atomic E-state index is 5.93. The Morgan fingerprint density at radius 2 is 1.48 bits per heavy atom. The Kier molecular flexibility index (Phi) is 5.35. The fourth-order valence-electron chi connectivity index (χ4n) is 2.15. The van der Waals surface area contributed by atoms with Crippen LogP contribution in [-0.2, 0) is 0 Å². The van der Waals surface area contributed by atoms with Crippen LogP contribution >= 0.6 is 12.6 Å². The zero-order valence-electron chi connectivity index (χ0n) is 13.0. The van der Waals surface area contributed by atoms with E-state index in [-0.39, 0.29) is 5.41 Å². The smallest absolute Gasteiger partial charge is 0.119 e. The molecule has 0 saturated carbocycles. The molecule has 0 bridgehead atoms. The maximum atomic E-state index is 5.93. The Morgan fingerprint density at radius 1 is 0.905 bits per heavy atom. The van der Waals surface area contributed by atoms with Crippen molar-refractivity contribution in [3.05, 3.63) is 54.6 Å². The second kappa shape index (κ2) is 7.04. The van der Waals surface area contributed by atoms with Gasteiger partial charge in [0.25, 0.3) is 0 Å². The van der Waals surface area contributed by atoms with Crippen LogP contribution in [0, 0.1) is 11.3 Å². The number of hydrogen-bond acceptors (Lipinski definition) is 2. The average Bonchev–Trinajstić information content (AvgIpc) is 2.48. The van der Waals surface area contributed by atoms with Gasteiger partial charge < -0.3 is 4.74 Å². The highest BCUT2D eigenvalue weighted by molar-refractivity contribution is 7.80. The fraction of sp³-hybridized carbons (Fsp3) is 0.368. The van der Waals surface area contributed by atoms with Gasteiger partial charge in [-0.2, -0.15) is 12.6 Å². The molecule has 0 fully saturated rings. The molecule has 0 aliphatic heterocycles. The molecule has 0 radical (unpaired) electrons. The molecule has 2 rings (SSSR count). The molecule has 112 valence electrons. The van der Waals surface area contributed by atoms with Crippen LogP contribution in [0.25, 0.3) is 11.1 Å². The van der Waals surface area contributed by atoms with E-state index in [1.54, 1.807) is 0 Å². The van der Waals surface area contributed by atoms with Gasteiger partial charge in [-0.3, -0.25) is 0 Å². The predicted octanol–water partition coefficient (Wildman–Crippen LogP) is 5.32. The topological polar surface area (TPSA) is 9.23 Å². The first-order valence-corrected chi connectivity index (χ1v) is 8.03. The molecule has 0 aromatic heterocycles. The first-order valence-electron chi connectivity index (χ1n) is 7.40. The lowest BCUT2D eigenvalue weighted by atomic mass is 9.82. The number of rotatable bonds is 5. The first-order chi connectivity index (χ1) is 10.0. The van der Waals surface area contributed by atoms with Crippen molar-refractivity contribution in [3.8, 4) is 16.9 Å². The molecule has 0 aliphatic rings. The van der Waals surface area contributed by atoms with E-state index in [9.17, 15) is 0 Å². The molecule has 2 heteroatoms. The van der Waals surface area contributed by atoms with Gasteiger partial charge in [0.1, 0.15) is 5.75 Å². The summed E-state index contributed by atoms with van der Waals surface area (Å²) >= 11 is 4.44. The van der Waals surface area contributed by atoms with Crippen LogP contribution in [0.4, 0.5) is 0 Å². The van der Waals surface area contributed by atoms with Crippen LogP contribution in [-0.4, -0.2) is 12.4 Å². The summed E-state index contributed by atoms with van der Waals surface area (Å²) in [6.45, 7) is 7.40. The molecule has 1 nitrogen and oxygen atoms in total. The molecule has 0 amide bonds. The van der Waals surface area contributed by atoms with Crippen LogP contribution in [0.3, 0.4) is 0 Å².